The molecule has 0 spiro atoms. The van der Waals surface area contributed by atoms with Crippen LogP contribution in [-0.4, -0.2) is 34.4 Å². The third kappa shape index (κ3) is 5.53. The largest absolute Gasteiger partial charge is 0.471 e. The van der Waals surface area contributed by atoms with Gasteiger partial charge in [0.1, 0.15) is 5.65 Å². The maximum absolute atomic E-state index is 13.4. The van der Waals surface area contributed by atoms with Crippen LogP contribution in [0.15, 0.2) is 79.0 Å². The molecule has 0 radical (unpaired) electrons. The minimum Gasteiger partial charge on any atom is -0.356 e. The SMILES string of the molecule is CNC(=O)/C=C(\c1ccccc1)c1ccc2nc(NC(=O)C(F)(F)F)c(-c3cccc(C(F)(F)F)c3)n2c1. The predicted molar refractivity (Wildman–Crippen MR) is 128 cm³/mol. The number of nitrogens with one attached hydrogen (secondary N) is 2. The van der Waals surface area contributed by atoms with Crippen LogP contribution in [0, 0.1) is 0 Å². The lowest BCUT2D eigenvalue weighted by atomic mass is 9.98. The van der Waals surface area contributed by atoms with Crippen molar-refractivity contribution in [3.63, 3.8) is 0 Å². The van der Waals surface area contributed by atoms with Crippen LogP contribution in [0.25, 0.3) is 22.5 Å². The van der Waals surface area contributed by atoms with Crippen LogP contribution >= 0.6 is 0 Å². The van der Waals surface area contributed by atoms with Crippen molar-refractivity contribution in [1.29, 1.82) is 0 Å². The number of anilines is 1. The van der Waals surface area contributed by atoms with E-state index in [0.29, 0.717) is 16.7 Å². The standard InChI is InChI=1S/C26H18F6N4O2/c1-33-21(37)13-19(15-6-3-2-4-7-15)17-10-11-20-34-23(35-24(38)26(30,31)32)22(36(20)14-17)16-8-5-9-18(12-16)25(27,28)29/h2-14H,1H3,(H,33,37)(H,35,38)/b19-13+. The van der Waals surface area contributed by atoms with Crippen LogP contribution in [0.1, 0.15) is 16.7 Å². The van der Waals surface area contributed by atoms with Crippen LogP contribution in [0.5, 0.6) is 0 Å². The summed E-state index contributed by atoms with van der Waals surface area (Å²) in [5.41, 5.74) is 0.117. The molecule has 38 heavy (non-hydrogen) atoms. The highest BCUT2D eigenvalue weighted by Gasteiger charge is 2.40. The van der Waals surface area contributed by atoms with Gasteiger partial charge in [-0.05, 0) is 41.0 Å². The molecule has 0 unspecified atom stereocenters. The second kappa shape index (κ2) is 10.0. The van der Waals surface area contributed by atoms with Gasteiger partial charge in [-0.2, -0.15) is 26.3 Å². The number of hydrogen-bond acceptors (Lipinski definition) is 3. The quantitative estimate of drug-likeness (QED) is 0.256. The third-order valence-electron chi connectivity index (χ3n) is 5.49. The normalized spacial score (nSPS) is 12.4. The molecule has 0 saturated heterocycles. The molecule has 6 nitrogen and oxygen atoms in total. The molecular weight excluding hydrogens is 514 g/mol. The molecule has 2 N–H and O–H groups in total. The van der Waals surface area contributed by atoms with Crippen molar-refractivity contribution in [2.75, 3.05) is 12.4 Å². The van der Waals surface area contributed by atoms with E-state index >= 15 is 0 Å². The molecule has 12 heteroatoms. The molecule has 2 heterocycles. The Kier molecular flexibility index (Phi) is 6.99. The van der Waals surface area contributed by atoms with Crippen molar-refractivity contribution < 1.29 is 35.9 Å². The van der Waals surface area contributed by atoms with Crippen molar-refractivity contribution in [3.05, 3.63) is 95.7 Å². The summed E-state index contributed by atoms with van der Waals surface area (Å²) in [6.45, 7) is 0. The number of aromatic nitrogens is 2. The number of alkyl halides is 6. The Hall–Kier alpha value is -4.61. The van der Waals surface area contributed by atoms with Crippen LogP contribution in [-0.2, 0) is 15.8 Å². The smallest absolute Gasteiger partial charge is 0.356 e. The summed E-state index contributed by atoms with van der Waals surface area (Å²) in [6.07, 6.45) is -7.26. The summed E-state index contributed by atoms with van der Waals surface area (Å²) < 4.78 is 80.6. The number of hydrogen-bond donors (Lipinski definition) is 2. The molecule has 0 aliphatic heterocycles. The van der Waals surface area contributed by atoms with Gasteiger partial charge < -0.3 is 10.6 Å². The molecule has 2 amide bonds. The maximum Gasteiger partial charge on any atom is 0.471 e. The van der Waals surface area contributed by atoms with Crippen LogP contribution in [0.4, 0.5) is 32.2 Å². The fourth-order valence-electron chi connectivity index (χ4n) is 3.74. The first-order chi connectivity index (χ1) is 17.9. The minimum atomic E-state index is -5.26. The van der Waals surface area contributed by atoms with Gasteiger partial charge >= 0.3 is 18.3 Å². The van der Waals surface area contributed by atoms with E-state index in [2.05, 4.69) is 10.3 Å². The lowest BCUT2D eigenvalue weighted by Crippen LogP contribution is -2.30. The second-order valence-corrected chi connectivity index (χ2v) is 8.02. The number of halogens is 6. The van der Waals surface area contributed by atoms with Gasteiger partial charge in [-0.15, -0.1) is 0 Å². The molecule has 2 aromatic carbocycles. The molecule has 4 aromatic rings. The van der Waals surface area contributed by atoms with E-state index in [-0.39, 0.29) is 16.9 Å². The average Bonchev–Trinajstić information content (AvgIpc) is 3.23. The van der Waals surface area contributed by atoms with Gasteiger partial charge in [-0.25, -0.2) is 4.98 Å². The first-order valence-electron chi connectivity index (χ1n) is 11.0. The van der Waals surface area contributed by atoms with E-state index in [4.69, 9.17) is 0 Å². The summed E-state index contributed by atoms with van der Waals surface area (Å²) in [6, 6.07) is 15.6. The number of amides is 2. The fourth-order valence-corrected chi connectivity index (χ4v) is 3.74. The summed E-state index contributed by atoms with van der Waals surface area (Å²) in [4.78, 5) is 28.0. The molecule has 196 valence electrons. The topological polar surface area (TPSA) is 75.5 Å². The van der Waals surface area contributed by atoms with Crippen molar-refractivity contribution >= 4 is 28.9 Å². The molecule has 0 aliphatic carbocycles. The van der Waals surface area contributed by atoms with E-state index in [1.807, 2.05) is 0 Å². The monoisotopic (exact) mass is 532 g/mol. The van der Waals surface area contributed by atoms with Gasteiger partial charge in [-0.3, -0.25) is 14.0 Å². The molecule has 0 saturated carbocycles. The lowest BCUT2D eigenvalue weighted by molar-refractivity contribution is -0.167. The minimum absolute atomic E-state index is 0.0472. The fraction of sp³-hybridized carbons (Fsp3) is 0.115. The number of rotatable bonds is 5. The predicted octanol–water partition coefficient (Wildman–Crippen LogP) is 5.70. The molecule has 4 rings (SSSR count). The van der Waals surface area contributed by atoms with E-state index < -0.39 is 35.5 Å². The summed E-state index contributed by atoms with van der Waals surface area (Å²) in [5, 5.41) is 4.14. The number of pyridine rings is 1. The van der Waals surface area contributed by atoms with Crippen molar-refractivity contribution in [1.82, 2.24) is 14.7 Å². The average molecular weight is 532 g/mol. The molecule has 0 aliphatic rings. The van der Waals surface area contributed by atoms with Crippen molar-refractivity contribution in [2.45, 2.75) is 12.4 Å². The van der Waals surface area contributed by atoms with Crippen LogP contribution in [0.3, 0.4) is 0 Å². The molecular formula is C26H18F6N4O2. The Morgan fingerprint density at radius 1 is 0.895 bits per heavy atom. The molecule has 0 fully saturated rings. The highest BCUT2D eigenvalue weighted by Crippen LogP contribution is 2.36. The maximum atomic E-state index is 13.4. The Balaban J connectivity index is 1.97. The Morgan fingerprint density at radius 3 is 2.24 bits per heavy atom. The molecule has 0 bridgehead atoms. The van der Waals surface area contributed by atoms with Crippen molar-refractivity contribution in [2.24, 2.45) is 0 Å². The number of carbonyl (C=O) groups is 2. The Morgan fingerprint density at radius 2 is 1.61 bits per heavy atom. The number of nitrogens with zero attached hydrogens (tertiary/aromatic N) is 2. The first-order valence-corrected chi connectivity index (χ1v) is 11.0. The van der Waals surface area contributed by atoms with Crippen LogP contribution < -0.4 is 10.6 Å². The van der Waals surface area contributed by atoms with E-state index in [1.54, 1.807) is 41.7 Å². The first kappa shape index (κ1) is 26.5. The summed E-state index contributed by atoms with van der Waals surface area (Å²) >= 11 is 0. The number of imidazole rings is 1. The molecule has 0 atom stereocenters. The summed E-state index contributed by atoms with van der Waals surface area (Å²) in [5.74, 6) is -3.36. The zero-order chi connectivity index (χ0) is 27.7. The second-order valence-electron chi connectivity index (χ2n) is 8.02. The van der Waals surface area contributed by atoms with Gasteiger partial charge in [0.25, 0.3) is 0 Å². The third-order valence-corrected chi connectivity index (χ3v) is 5.49. The highest BCUT2D eigenvalue weighted by molar-refractivity contribution is 6.00. The van der Waals surface area contributed by atoms with Gasteiger partial charge in [0.2, 0.25) is 5.91 Å². The van der Waals surface area contributed by atoms with E-state index in [9.17, 15) is 35.9 Å². The lowest BCUT2D eigenvalue weighted by Gasteiger charge is -2.13. The van der Waals surface area contributed by atoms with E-state index in [0.717, 1.165) is 18.2 Å². The number of benzene rings is 2. The number of fused-ring (bicyclic) bond motifs is 1. The van der Waals surface area contributed by atoms with Gasteiger partial charge in [-0.1, -0.05) is 42.5 Å². The highest BCUT2D eigenvalue weighted by atomic mass is 19.4. The van der Waals surface area contributed by atoms with Gasteiger partial charge in [0, 0.05) is 24.9 Å². The number of carbonyl (C=O) groups excluding carboxylic acids is 2. The van der Waals surface area contributed by atoms with Gasteiger partial charge in [0.15, 0.2) is 5.82 Å². The Bertz CT molecular complexity index is 1540. The van der Waals surface area contributed by atoms with Crippen LogP contribution in [0.2, 0.25) is 0 Å². The van der Waals surface area contributed by atoms with Crippen molar-refractivity contribution in [3.8, 4) is 11.3 Å². The number of likely N-dealkylation sites (N-methyl/N-ethyl adjacent to an activating group) is 1. The zero-order valence-electron chi connectivity index (χ0n) is 19.5. The summed E-state index contributed by atoms with van der Waals surface area (Å²) in [7, 11) is 1.43. The molecule has 2 aromatic heterocycles. The van der Waals surface area contributed by atoms with Gasteiger partial charge in [0.05, 0.1) is 11.3 Å². The zero-order valence-corrected chi connectivity index (χ0v) is 19.5. The van der Waals surface area contributed by atoms with E-state index in [1.165, 1.54) is 35.9 Å². The Labute approximate surface area is 211 Å².